The average molecular weight is 186 g/mol. The molecule has 0 radical (unpaired) electrons. The number of rotatable bonds is 3. The van der Waals surface area contributed by atoms with Crippen molar-refractivity contribution in [2.75, 3.05) is 26.7 Å². The molecular weight excluding hydrogens is 166 g/mol. The highest BCUT2D eigenvalue weighted by Crippen LogP contribution is 2.17. The van der Waals surface area contributed by atoms with Gasteiger partial charge in [0.25, 0.3) is 0 Å². The molecule has 0 unspecified atom stereocenters. The van der Waals surface area contributed by atoms with E-state index in [0.29, 0.717) is 6.42 Å². The summed E-state index contributed by atoms with van der Waals surface area (Å²) in [6.45, 7) is 4.59. The Morgan fingerprint density at radius 3 is 2.46 bits per heavy atom. The Morgan fingerprint density at radius 2 is 2.00 bits per heavy atom. The number of quaternary nitrogens is 1. The standard InChI is InChI=1S/C10H20NO2/c1-9(12)3-6-11(2)7-4-10(13)5-8-11/h10,13H,3-8H2,1-2H3/q+1. The maximum absolute atomic E-state index is 10.8. The number of aliphatic hydroxyl groups is 1. The van der Waals surface area contributed by atoms with E-state index in [1.165, 1.54) is 0 Å². The lowest BCUT2D eigenvalue weighted by Gasteiger charge is -2.39. The molecule has 1 fully saturated rings. The van der Waals surface area contributed by atoms with Crippen molar-refractivity contribution in [2.24, 2.45) is 0 Å². The molecule has 1 rings (SSSR count). The van der Waals surface area contributed by atoms with Crippen molar-refractivity contribution < 1.29 is 14.4 Å². The van der Waals surface area contributed by atoms with Crippen LogP contribution >= 0.6 is 0 Å². The highest BCUT2D eigenvalue weighted by molar-refractivity contribution is 5.75. The van der Waals surface area contributed by atoms with Crippen LogP contribution in [0.1, 0.15) is 26.2 Å². The molecule has 13 heavy (non-hydrogen) atoms. The van der Waals surface area contributed by atoms with Gasteiger partial charge in [-0.25, -0.2) is 0 Å². The summed E-state index contributed by atoms with van der Waals surface area (Å²) in [5, 5.41) is 9.34. The number of ketones is 1. The summed E-state index contributed by atoms with van der Waals surface area (Å²) < 4.78 is 0.955. The Labute approximate surface area is 79.9 Å². The van der Waals surface area contributed by atoms with Crippen LogP contribution in [0.3, 0.4) is 0 Å². The predicted molar refractivity (Wildman–Crippen MR) is 51.3 cm³/mol. The third kappa shape index (κ3) is 3.44. The van der Waals surface area contributed by atoms with Crippen molar-refractivity contribution in [3.05, 3.63) is 0 Å². The number of hydrogen-bond acceptors (Lipinski definition) is 2. The summed E-state index contributed by atoms with van der Waals surface area (Å²) in [4.78, 5) is 10.8. The first-order valence-corrected chi connectivity index (χ1v) is 5.03. The summed E-state index contributed by atoms with van der Waals surface area (Å²) in [5.74, 6) is 0.269. The summed E-state index contributed by atoms with van der Waals surface area (Å²) in [5.41, 5.74) is 0. The zero-order valence-corrected chi connectivity index (χ0v) is 8.62. The van der Waals surface area contributed by atoms with Gasteiger partial charge in [0.2, 0.25) is 0 Å². The van der Waals surface area contributed by atoms with E-state index in [9.17, 15) is 9.90 Å². The first kappa shape index (κ1) is 10.7. The number of nitrogens with zero attached hydrogens (tertiary/aromatic N) is 1. The van der Waals surface area contributed by atoms with Gasteiger partial charge >= 0.3 is 0 Å². The molecule has 1 aliphatic rings. The van der Waals surface area contributed by atoms with E-state index in [0.717, 1.165) is 37.0 Å². The molecule has 0 aromatic carbocycles. The molecule has 0 spiro atoms. The molecular formula is C10H20NO2+. The lowest BCUT2D eigenvalue weighted by molar-refractivity contribution is -0.914. The van der Waals surface area contributed by atoms with Crippen molar-refractivity contribution in [3.8, 4) is 0 Å². The number of carbonyl (C=O) groups excluding carboxylic acids is 1. The topological polar surface area (TPSA) is 37.3 Å². The van der Waals surface area contributed by atoms with E-state index >= 15 is 0 Å². The molecule has 0 aliphatic carbocycles. The number of Topliss-reactive ketones (excluding diaryl/α,β-unsaturated/α-hetero) is 1. The quantitative estimate of drug-likeness (QED) is 0.654. The SMILES string of the molecule is CC(=O)CC[N+]1(C)CCC(O)CC1. The third-order valence-electron chi connectivity index (χ3n) is 3.01. The number of piperidine rings is 1. The smallest absolute Gasteiger partial charge is 0.135 e. The Morgan fingerprint density at radius 1 is 1.46 bits per heavy atom. The van der Waals surface area contributed by atoms with Crippen LogP contribution in [0.2, 0.25) is 0 Å². The second kappa shape index (κ2) is 4.20. The second-order valence-electron chi connectivity index (χ2n) is 4.47. The Balaban J connectivity index is 2.34. The van der Waals surface area contributed by atoms with E-state index in [-0.39, 0.29) is 11.9 Å². The number of aliphatic hydroxyl groups excluding tert-OH is 1. The second-order valence-corrected chi connectivity index (χ2v) is 4.47. The Kier molecular flexibility index (Phi) is 3.45. The van der Waals surface area contributed by atoms with E-state index in [1.807, 2.05) is 0 Å². The van der Waals surface area contributed by atoms with Crippen molar-refractivity contribution >= 4 is 5.78 Å². The first-order chi connectivity index (χ1) is 6.02. The fourth-order valence-electron chi connectivity index (χ4n) is 1.83. The highest BCUT2D eigenvalue weighted by atomic mass is 16.3. The molecule has 1 heterocycles. The molecule has 3 heteroatoms. The van der Waals surface area contributed by atoms with Gasteiger partial charge in [-0.3, -0.25) is 4.79 Å². The average Bonchev–Trinajstić information content (AvgIpc) is 2.08. The molecule has 0 saturated carbocycles. The number of likely N-dealkylation sites (tertiary alicyclic amines) is 1. The monoisotopic (exact) mass is 186 g/mol. The molecule has 3 nitrogen and oxygen atoms in total. The van der Waals surface area contributed by atoms with E-state index in [1.54, 1.807) is 6.92 Å². The molecule has 0 atom stereocenters. The van der Waals surface area contributed by atoms with Crippen LogP contribution in [-0.2, 0) is 4.79 Å². The summed E-state index contributed by atoms with van der Waals surface area (Å²) in [6, 6.07) is 0. The molecule has 1 N–H and O–H groups in total. The van der Waals surface area contributed by atoms with Gasteiger partial charge in [0, 0.05) is 12.8 Å². The van der Waals surface area contributed by atoms with E-state index in [4.69, 9.17) is 0 Å². The minimum absolute atomic E-state index is 0.108. The molecule has 1 aliphatic heterocycles. The fraction of sp³-hybridized carbons (Fsp3) is 0.900. The zero-order chi connectivity index (χ0) is 9.90. The molecule has 0 amide bonds. The highest BCUT2D eigenvalue weighted by Gasteiger charge is 2.28. The van der Waals surface area contributed by atoms with Crippen molar-refractivity contribution in [1.29, 1.82) is 0 Å². The van der Waals surface area contributed by atoms with Crippen molar-refractivity contribution in [3.63, 3.8) is 0 Å². The molecule has 0 aromatic heterocycles. The van der Waals surface area contributed by atoms with Gasteiger partial charge < -0.3 is 9.59 Å². The predicted octanol–water partition coefficient (Wildman–Crippen LogP) is 0.567. The third-order valence-corrected chi connectivity index (χ3v) is 3.01. The zero-order valence-electron chi connectivity index (χ0n) is 8.62. The van der Waals surface area contributed by atoms with Crippen molar-refractivity contribution in [2.45, 2.75) is 32.3 Å². The molecule has 0 aromatic rings. The van der Waals surface area contributed by atoms with Gasteiger partial charge in [0.05, 0.1) is 39.2 Å². The fourth-order valence-corrected chi connectivity index (χ4v) is 1.83. The maximum Gasteiger partial charge on any atom is 0.135 e. The minimum Gasteiger partial charge on any atom is -0.393 e. The van der Waals surface area contributed by atoms with Crippen LogP contribution in [0.5, 0.6) is 0 Å². The van der Waals surface area contributed by atoms with Gasteiger partial charge in [-0.1, -0.05) is 0 Å². The Bertz CT molecular complexity index is 183. The largest absolute Gasteiger partial charge is 0.393 e. The van der Waals surface area contributed by atoms with Crippen LogP contribution in [0, 0.1) is 0 Å². The number of hydrogen-bond donors (Lipinski definition) is 1. The van der Waals surface area contributed by atoms with Gasteiger partial charge in [-0.05, 0) is 6.92 Å². The van der Waals surface area contributed by atoms with E-state index < -0.39 is 0 Å². The normalized spacial score (nSPS) is 34.5. The summed E-state index contributed by atoms with van der Waals surface area (Å²) in [7, 11) is 2.18. The lowest BCUT2D eigenvalue weighted by atomic mass is 10.1. The van der Waals surface area contributed by atoms with Crippen LogP contribution in [0.15, 0.2) is 0 Å². The van der Waals surface area contributed by atoms with Crippen LogP contribution < -0.4 is 0 Å². The van der Waals surface area contributed by atoms with Gasteiger partial charge in [0.1, 0.15) is 5.78 Å². The van der Waals surface area contributed by atoms with Gasteiger partial charge in [-0.15, -0.1) is 0 Å². The van der Waals surface area contributed by atoms with Crippen LogP contribution in [0.25, 0.3) is 0 Å². The Hall–Kier alpha value is -0.410. The van der Waals surface area contributed by atoms with Gasteiger partial charge in [0.15, 0.2) is 0 Å². The minimum atomic E-state index is -0.108. The summed E-state index contributed by atoms with van der Waals surface area (Å²) >= 11 is 0. The molecule has 1 saturated heterocycles. The van der Waals surface area contributed by atoms with E-state index in [2.05, 4.69) is 7.05 Å². The van der Waals surface area contributed by atoms with Crippen LogP contribution in [-0.4, -0.2) is 48.2 Å². The first-order valence-electron chi connectivity index (χ1n) is 5.03. The summed E-state index contributed by atoms with van der Waals surface area (Å²) in [6.07, 6.45) is 2.33. The molecule has 76 valence electrons. The van der Waals surface area contributed by atoms with Crippen molar-refractivity contribution in [1.82, 2.24) is 0 Å². The maximum atomic E-state index is 10.8. The van der Waals surface area contributed by atoms with Crippen LogP contribution in [0.4, 0.5) is 0 Å². The lowest BCUT2D eigenvalue weighted by Crippen LogP contribution is -2.51. The number of carbonyl (C=O) groups is 1. The van der Waals surface area contributed by atoms with Gasteiger partial charge in [-0.2, -0.15) is 0 Å². The molecule has 0 bridgehead atoms.